The summed E-state index contributed by atoms with van der Waals surface area (Å²) in [7, 11) is 0. The van der Waals surface area contributed by atoms with Crippen LogP contribution in [-0.4, -0.2) is 41.3 Å². The van der Waals surface area contributed by atoms with Crippen LogP contribution in [0.4, 0.5) is 0 Å². The average molecular weight is 308 g/mol. The van der Waals surface area contributed by atoms with Crippen molar-refractivity contribution in [2.75, 3.05) is 6.61 Å². The van der Waals surface area contributed by atoms with Crippen molar-refractivity contribution in [1.29, 1.82) is 0 Å². The minimum Gasteiger partial charge on any atom is -0.457 e. The molecule has 22 heavy (non-hydrogen) atoms. The summed E-state index contributed by atoms with van der Waals surface area (Å²) in [5.74, 6) is -0.837. The van der Waals surface area contributed by atoms with E-state index in [1.165, 1.54) is 0 Å². The molecule has 1 unspecified atom stereocenters. The highest BCUT2D eigenvalue weighted by Gasteiger charge is 2.72. The maximum Gasteiger partial charge on any atom is 0.334 e. The lowest BCUT2D eigenvalue weighted by Gasteiger charge is -2.46. The zero-order valence-corrected chi connectivity index (χ0v) is 13.4. The third-order valence-corrected chi connectivity index (χ3v) is 6.18. The van der Waals surface area contributed by atoms with E-state index in [2.05, 4.69) is 6.58 Å². The predicted octanol–water partition coefficient (Wildman–Crippen LogP) is 1.63. The molecule has 0 aromatic rings. The monoisotopic (exact) mass is 308 g/mol. The van der Waals surface area contributed by atoms with Crippen LogP contribution in [0.2, 0.25) is 0 Å². The second-order valence-electron chi connectivity index (χ2n) is 7.04. The van der Waals surface area contributed by atoms with Crippen LogP contribution in [0, 0.1) is 17.3 Å². The number of carbonyl (C=O) groups excluding carboxylic acids is 2. The van der Waals surface area contributed by atoms with Gasteiger partial charge in [0.05, 0.1) is 11.5 Å². The van der Waals surface area contributed by atoms with Gasteiger partial charge in [0.1, 0.15) is 17.5 Å². The molecule has 6 atom stereocenters. The van der Waals surface area contributed by atoms with E-state index in [4.69, 9.17) is 9.47 Å². The molecule has 2 saturated carbocycles. The van der Waals surface area contributed by atoms with Crippen molar-refractivity contribution in [2.24, 2.45) is 17.3 Å². The van der Waals surface area contributed by atoms with Crippen molar-refractivity contribution >= 4 is 11.8 Å². The maximum atomic E-state index is 12.8. The Balaban J connectivity index is 2.12. The average Bonchev–Trinajstić information content (AvgIpc) is 2.83. The van der Waals surface area contributed by atoms with Gasteiger partial charge in [0.25, 0.3) is 0 Å². The zero-order chi connectivity index (χ0) is 16.3. The molecule has 0 spiro atoms. The van der Waals surface area contributed by atoms with Gasteiger partial charge in [-0.1, -0.05) is 13.5 Å². The van der Waals surface area contributed by atoms with E-state index < -0.39 is 29.2 Å². The Hall–Kier alpha value is -1.20. The fourth-order valence-electron chi connectivity index (χ4n) is 4.80. The quantitative estimate of drug-likeness (QED) is 0.620. The summed E-state index contributed by atoms with van der Waals surface area (Å²) in [6.45, 7) is 9.81. The summed E-state index contributed by atoms with van der Waals surface area (Å²) in [6, 6.07) is 0. The summed E-state index contributed by atoms with van der Waals surface area (Å²) < 4.78 is 11.2. The van der Waals surface area contributed by atoms with E-state index in [0.717, 1.165) is 0 Å². The fourth-order valence-corrected chi connectivity index (χ4v) is 4.80. The van der Waals surface area contributed by atoms with Crippen LogP contribution >= 0.6 is 0 Å². The third-order valence-electron chi connectivity index (χ3n) is 6.18. The first-order valence-electron chi connectivity index (χ1n) is 8.05. The number of aliphatic hydroxyl groups is 1. The molecule has 5 nitrogen and oxygen atoms in total. The molecule has 0 aromatic carbocycles. The van der Waals surface area contributed by atoms with E-state index in [1.807, 2.05) is 13.8 Å². The Morgan fingerprint density at radius 3 is 2.73 bits per heavy atom. The fraction of sp³-hybridized carbons (Fsp3) is 0.765. The molecular weight excluding hydrogens is 284 g/mol. The molecule has 0 aromatic heterocycles. The Kier molecular flexibility index (Phi) is 3.49. The molecular formula is C17H24O5. The Morgan fingerprint density at radius 1 is 1.41 bits per heavy atom. The molecule has 2 aliphatic carbocycles. The van der Waals surface area contributed by atoms with Crippen molar-refractivity contribution in [3.05, 3.63) is 12.2 Å². The predicted molar refractivity (Wildman–Crippen MR) is 79.0 cm³/mol. The largest absolute Gasteiger partial charge is 0.457 e. The molecule has 1 aliphatic heterocycles. The van der Waals surface area contributed by atoms with Gasteiger partial charge in [-0.3, -0.25) is 4.79 Å². The number of esters is 1. The highest BCUT2D eigenvalue weighted by molar-refractivity contribution is 5.95. The number of hydrogen-bond acceptors (Lipinski definition) is 5. The second kappa shape index (κ2) is 4.90. The lowest BCUT2D eigenvalue weighted by Crippen LogP contribution is -2.60. The molecule has 3 fully saturated rings. The summed E-state index contributed by atoms with van der Waals surface area (Å²) in [6.07, 6.45) is 0.384. The highest BCUT2D eigenvalue weighted by atomic mass is 16.6. The molecule has 0 radical (unpaired) electrons. The van der Waals surface area contributed by atoms with Gasteiger partial charge < -0.3 is 14.6 Å². The Morgan fingerprint density at radius 2 is 2.09 bits per heavy atom. The van der Waals surface area contributed by atoms with E-state index in [0.29, 0.717) is 25.0 Å². The van der Waals surface area contributed by atoms with Gasteiger partial charge in [-0.2, -0.15) is 0 Å². The van der Waals surface area contributed by atoms with Crippen molar-refractivity contribution in [3.8, 4) is 0 Å². The van der Waals surface area contributed by atoms with Gasteiger partial charge in [0.2, 0.25) is 0 Å². The molecule has 3 aliphatic rings. The van der Waals surface area contributed by atoms with Gasteiger partial charge in [0, 0.05) is 24.5 Å². The van der Waals surface area contributed by atoms with Crippen molar-refractivity contribution in [3.63, 3.8) is 0 Å². The number of ether oxygens (including phenoxy) is 2. The molecule has 1 N–H and O–H groups in total. The molecule has 3 rings (SSSR count). The van der Waals surface area contributed by atoms with Crippen LogP contribution in [-0.2, 0) is 19.1 Å². The van der Waals surface area contributed by atoms with Gasteiger partial charge in [-0.25, -0.2) is 4.79 Å². The van der Waals surface area contributed by atoms with Gasteiger partial charge in [-0.05, 0) is 32.6 Å². The van der Waals surface area contributed by atoms with E-state index >= 15 is 0 Å². The van der Waals surface area contributed by atoms with Gasteiger partial charge >= 0.3 is 5.97 Å². The minimum absolute atomic E-state index is 0.0836. The van der Waals surface area contributed by atoms with Crippen LogP contribution in [0.15, 0.2) is 12.2 Å². The topological polar surface area (TPSA) is 72.8 Å². The van der Waals surface area contributed by atoms with Crippen LogP contribution < -0.4 is 0 Å². The summed E-state index contributed by atoms with van der Waals surface area (Å²) in [4.78, 5) is 24.8. The lowest BCUT2D eigenvalue weighted by atomic mass is 9.64. The van der Waals surface area contributed by atoms with Gasteiger partial charge in [-0.15, -0.1) is 0 Å². The SMILES string of the molecule is C=C1C(=O)O[C@@H]2[C@H]1CC[C@H](C)[C@]1(O)C(OCC)CC(=O)[C@@]21C. The number of hydrogen-bond donors (Lipinski definition) is 1. The van der Waals surface area contributed by atoms with E-state index in [9.17, 15) is 14.7 Å². The van der Waals surface area contributed by atoms with E-state index in [1.54, 1.807) is 6.92 Å². The normalized spacial score (nSPS) is 47.9. The molecule has 5 heteroatoms. The second-order valence-corrected chi connectivity index (χ2v) is 7.04. The molecule has 1 heterocycles. The number of Topliss-reactive ketones (excluding diaryl/α,β-unsaturated/α-hetero) is 1. The molecule has 1 saturated heterocycles. The first-order chi connectivity index (χ1) is 10.3. The zero-order valence-electron chi connectivity index (χ0n) is 13.4. The van der Waals surface area contributed by atoms with E-state index in [-0.39, 0.29) is 24.0 Å². The van der Waals surface area contributed by atoms with Crippen molar-refractivity contribution in [1.82, 2.24) is 0 Å². The standard InChI is InChI=1S/C17H24O5/c1-5-21-13-8-12(18)16(4)14-11(10(3)15(19)22-14)7-6-9(2)17(13,16)20/h9,11,13-14,20H,3,5-8H2,1-2,4H3/t9-,11-,13?,14+,16-,17-/m0/s1. The first-order valence-corrected chi connectivity index (χ1v) is 8.05. The first kappa shape index (κ1) is 15.7. The van der Waals surface area contributed by atoms with Crippen LogP contribution in [0.25, 0.3) is 0 Å². The Labute approximate surface area is 130 Å². The number of carbonyl (C=O) groups is 2. The van der Waals surface area contributed by atoms with Crippen LogP contribution in [0.5, 0.6) is 0 Å². The lowest BCUT2D eigenvalue weighted by molar-refractivity contribution is -0.197. The smallest absolute Gasteiger partial charge is 0.334 e. The number of ketones is 1. The maximum absolute atomic E-state index is 12.8. The highest BCUT2D eigenvalue weighted by Crippen LogP contribution is 2.59. The number of fused-ring (bicyclic) bond motifs is 3. The number of rotatable bonds is 2. The van der Waals surface area contributed by atoms with Crippen LogP contribution in [0.3, 0.4) is 0 Å². The van der Waals surface area contributed by atoms with Crippen molar-refractivity contribution < 1.29 is 24.2 Å². The third kappa shape index (κ3) is 1.67. The minimum atomic E-state index is -1.32. The molecule has 0 bridgehead atoms. The van der Waals surface area contributed by atoms with Gasteiger partial charge in [0.15, 0.2) is 0 Å². The van der Waals surface area contributed by atoms with Crippen molar-refractivity contribution in [2.45, 2.75) is 57.8 Å². The van der Waals surface area contributed by atoms with Crippen LogP contribution in [0.1, 0.15) is 40.0 Å². The summed E-state index contributed by atoms with van der Waals surface area (Å²) in [5, 5.41) is 11.5. The Bertz CT molecular complexity index is 541. The summed E-state index contributed by atoms with van der Waals surface area (Å²) in [5.41, 5.74) is -2.03. The summed E-state index contributed by atoms with van der Waals surface area (Å²) >= 11 is 0. The molecule has 0 amide bonds. The molecule has 122 valence electrons.